The fourth-order valence-electron chi connectivity index (χ4n) is 2.50. The Labute approximate surface area is 121 Å². The maximum atomic E-state index is 12.5. The Hall–Kier alpha value is -1.95. The zero-order valence-electron chi connectivity index (χ0n) is 11.6. The number of nitrogens with two attached hydrogens (primary N) is 1. The molecular formula is C15H17F2N3O. The van der Waals surface area contributed by atoms with Crippen molar-refractivity contribution in [1.82, 2.24) is 9.97 Å². The summed E-state index contributed by atoms with van der Waals surface area (Å²) >= 11 is 0. The summed E-state index contributed by atoms with van der Waals surface area (Å²) in [6, 6.07) is 6.62. The van der Waals surface area contributed by atoms with E-state index in [-0.39, 0.29) is 5.75 Å². The molecule has 21 heavy (non-hydrogen) atoms. The van der Waals surface area contributed by atoms with Gasteiger partial charge in [-0.15, -0.1) is 0 Å². The van der Waals surface area contributed by atoms with E-state index in [1.165, 1.54) is 6.07 Å². The first-order valence-corrected chi connectivity index (χ1v) is 6.87. The molecule has 3 N–H and O–H groups in total. The molecule has 6 heteroatoms. The molecule has 0 bridgehead atoms. The first-order valence-electron chi connectivity index (χ1n) is 6.87. The number of aromatic nitrogens is 2. The minimum atomic E-state index is -2.86. The summed E-state index contributed by atoms with van der Waals surface area (Å²) in [6.45, 7) is -0.922. The van der Waals surface area contributed by atoms with E-state index in [4.69, 9.17) is 5.73 Å². The lowest BCUT2D eigenvalue weighted by Crippen LogP contribution is -2.36. The van der Waals surface area contributed by atoms with Gasteiger partial charge in [-0.05, 0) is 37.8 Å². The highest BCUT2D eigenvalue weighted by atomic mass is 19.3. The Morgan fingerprint density at radius 2 is 2.10 bits per heavy atom. The smallest absolute Gasteiger partial charge is 0.387 e. The lowest BCUT2D eigenvalue weighted by molar-refractivity contribution is -0.0494. The number of para-hydroxylation sites is 1. The van der Waals surface area contributed by atoms with E-state index in [0.717, 1.165) is 12.8 Å². The maximum absolute atomic E-state index is 12.5. The normalized spacial score (nSPS) is 17.8. The molecule has 1 aliphatic carbocycles. The van der Waals surface area contributed by atoms with Gasteiger partial charge < -0.3 is 15.5 Å². The van der Waals surface area contributed by atoms with Crippen LogP contribution in [0.4, 0.5) is 8.78 Å². The van der Waals surface area contributed by atoms with Crippen molar-refractivity contribution in [2.24, 2.45) is 11.7 Å². The number of benzene rings is 1. The van der Waals surface area contributed by atoms with Crippen LogP contribution in [0.25, 0.3) is 11.3 Å². The molecule has 1 atom stereocenters. The Kier molecular flexibility index (Phi) is 3.41. The predicted octanol–water partition coefficient (Wildman–Crippen LogP) is 3.26. The molecule has 1 aliphatic rings. The van der Waals surface area contributed by atoms with Crippen molar-refractivity contribution in [3.8, 4) is 17.0 Å². The van der Waals surface area contributed by atoms with Crippen LogP contribution in [0.3, 0.4) is 0 Å². The first-order chi connectivity index (χ1) is 9.98. The molecule has 3 rings (SSSR count). The van der Waals surface area contributed by atoms with Crippen molar-refractivity contribution in [2.75, 3.05) is 0 Å². The lowest BCUT2D eigenvalue weighted by Gasteiger charge is -2.21. The Bertz CT molecular complexity index is 635. The van der Waals surface area contributed by atoms with Crippen LogP contribution in [-0.2, 0) is 5.54 Å². The number of halogens is 2. The third-order valence-corrected chi connectivity index (χ3v) is 3.90. The minimum Gasteiger partial charge on any atom is -0.434 e. The van der Waals surface area contributed by atoms with Crippen molar-refractivity contribution >= 4 is 0 Å². The zero-order chi connectivity index (χ0) is 15.0. The van der Waals surface area contributed by atoms with Crippen molar-refractivity contribution < 1.29 is 13.5 Å². The zero-order valence-corrected chi connectivity index (χ0v) is 11.6. The van der Waals surface area contributed by atoms with Gasteiger partial charge in [-0.1, -0.05) is 12.1 Å². The molecule has 1 fully saturated rings. The summed E-state index contributed by atoms with van der Waals surface area (Å²) in [7, 11) is 0. The van der Waals surface area contributed by atoms with E-state index in [0.29, 0.717) is 23.0 Å². The van der Waals surface area contributed by atoms with Gasteiger partial charge in [-0.3, -0.25) is 0 Å². The standard InChI is InChI=1S/C15H17F2N3O/c1-15(18,9-6-7-9)13-19-8-11(20-13)10-4-2-3-5-12(10)21-14(16)17/h2-5,8-9,14H,6-7,18H2,1H3,(H,19,20). The molecule has 1 unspecified atom stereocenters. The highest BCUT2D eigenvalue weighted by Crippen LogP contribution is 2.43. The molecule has 112 valence electrons. The maximum Gasteiger partial charge on any atom is 0.387 e. The van der Waals surface area contributed by atoms with E-state index < -0.39 is 12.2 Å². The number of alkyl halides is 2. The number of rotatable bonds is 5. The fourth-order valence-corrected chi connectivity index (χ4v) is 2.50. The minimum absolute atomic E-state index is 0.118. The topological polar surface area (TPSA) is 63.9 Å². The van der Waals surface area contributed by atoms with Gasteiger partial charge in [-0.25, -0.2) is 4.98 Å². The van der Waals surface area contributed by atoms with Crippen molar-refractivity contribution in [1.29, 1.82) is 0 Å². The molecule has 0 amide bonds. The first kappa shape index (κ1) is 14.0. The Morgan fingerprint density at radius 1 is 1.38 bits per heavy atom. The third-order valence-electron chi connectivity index (χ3n) is 3.90. The van der Waals surface area contributed by atoms with E-state index in [2.05, 4.69) is 14.7 Å². The number of imidazole rings is 1. The molecule has 1 heterocycles. The SMILES string of the molecule is CC(N)(c1ncc(-c2ccccc2OC(F)F)[nH]1)C1CC1. The molecule has 0 spiro atoms. The lowest BCUT2D eigenvalue weighted by atomic mass is 9.97. The average molecular weight is 293 g/mol. The van der Waals surface area contributed by atoms with Crippen LogP contribution in [0, 0.1) is 5.92 Å². The van der Waals surface area contributed by atoms with Gasteiger partial charge in [0, 0.05) is 5.56 Å². The summed E-state index contributed by atoms with van der Waals surface area (Å²) < 4.78 is 29.5. The number of H-pyrrole nitrogens is 1. The fraction of sp³-hybridized carbons (Fsp3) is 0.400. The van der Waals surface area contributed by atoms with Crippen LogP contribution in [-0.4, -0.2) is 16.6 Å². The number of nitrogens with one attached hydrogen (secondary N) is 1. The van der Waals surface area contributed by atoms with Crippen LogP contribution >= 0.6 is 0 Å². The van der Waals surface area contributed by atoms with Crippen LogP contribution < -0.4 is 10.5 Å². The van der Waals surface area contributed by atoms with Crippen molar-refractivity contribution in [3.05, 3.63) is 36.3 Å². The molecule has 1 aromatic carbocycles. The summed E-state index contributed by atoms with van der Waals surface area (Å²) in [6.07, 6.45) is 3.79. The summed E-state index contributed by atoms with van der Waals surface area (Å²) in [5, 5.41) is 0. The van der Waals surface area contributed by atoms with E-state index in [9.17, 15) is 8.78 Å². The second-order valence-electron chi connectivity index (χ2n) is 5.58. The average Bonchev–Trinajstić information content (AvgIpc) is 3.17. The number of hydrogen-bond acceptors (Lipinski definition) is 3. The van der Waals surface area contributed by atoms with Crippen molar-refractivity contribution in [3.63, 3.8) is 0 Å². The number of hydrogen-bond donors (Lipinski definition) is 2. The van der Waals surface area contributed by atoms with E-state index >= 15 is 0 Å². The van der Waals surface area contributed by atoms with Gasteiger partial charge >= 0.3 is 6.61 Å². The van der Waals surface area contributed by atoms with Crippen molar-refractivity contribution in [2.45, 2.75) is 31.9 Å². The highest BCUT2D eigenvalue weighted by molar-refractivity contribution is 5.66. The van der Waals surface area contributed by atoms with Crippen LogP contribution in [0.5, 0.6) is 5.75 Å². The summed E-state index contributed by atoms with van der Waals surface area (Å²) in [4.78, 5) is 7.47. The van der Waals surface area contributed by atoms with Gasteiger partial charge in [-0.2, -0.15) is 8.78 Å². The largest absolute Gasteiger partial charge is 0.434 e. The van der Waals surface area contributed by atoms with Gasteiger partial charge in [0.15, 0.2) is 0 Å². The number of ether oxygens (including phenoxy) is 1. The van der Waals surface area contributed by atoms with Gasteiger partial charge in [0.25, 0.3) is 0 Å². The summed E-state index contributed by atoms with van der Waals surface area (Å²) in [5.41, 5.74) is 6.96. The molecule has 0 aliphatic heterocycles. The Morgan fingerprint density at radius 3 is 2.76 bits per heavy atom. The highest BCUT2D eigenvalue weighted by Gasteiger charge is 2.41. The van der Waals surface area contributed by atoms with E-state index in [1.54, 1.807) is 24.4 Å². The molecular weight excluding hydrogens is 276 g/mol. The van der Waals surface area contributed by atoms with Gasteiger partial charge in [0.1, 0.15) is 11.6 Å². The monoisotopic (exact) mass is 293 g/mol. The van der Waals surface area contributed by atoms with Gasteiger partial charge in [0.05, 0.1) is 17.4 Å². The molecule has 1 aromatic heterocycles. The quantitative estimate of drug-likeness (QED) is 0.889. The Balaban J connectivity index is 1.93. The van der Waals surface area contributed by atoms with Crippen LogP contribution in [0.15, 0.2) is 30.5 Å². The van der Waals surface area contributed by atoms with Crippen LogP contribution in [0.2, 0.25) is 0 Å². The molecule has 4 nitrogen and oxygen atoms in total. The predicted molar refractivity (Wildman–Crippen MR) is 74.9 cm³/mol. The second-order valence-corrected chi connectivity index (χ2v) is 5.58. The second kappa shape index (κ2) is 5.11. The molecule has 0 saturated heterocycles. The molecule has 0 radical (unpaired) electrons. The summed E-state index contributed by atoms with van der Waals surface area (Å²) in [5.74, 6) is 1.21. The van der Waals surface area contributed by atoms with Gasteiger partial charge in [0.2, 0.25) is 0 Å². The van der Waals surface area contributed by atoms with Crippen LogP contribution in [0.1, 0.15) is 25.6 Å². The van der Waals surface area contributed by atoms with E-state index in [1.807, 2.05) is 6.92 Å². The molecule has 2 aromatic rings. The number of aromatic amines is 1. The number of nitrogens with zero attached hydrogens (tertiary/aromatic N) is 1. The molecule has 1 saturated carbocycles. The third kappa shape index (κ3) is 2.76.